The van der Waals surface area contributed by atoms with E-state index in [1.807, 2.05) is 18.7 Å². The van der Waals surface area contributed by atoms with E-state index in [0.717, 1.165) is 19.4 Å². The Kier molecular flexibility index (Phi) is 5.54. The summed E-state index contributed by atoms with van der Waals surface area (Å²) in [4.78, 5) is 24.9. The second-order valence-electron chi connectivity index (χ2n) is 6.23. The van der Waals surface area contributed by atoms with Gasteiger partial charge < -0.3 is 15.3 Å². The number of carbonyl (C=O) groups excluding carboxylic acids is 1. The van der Waals surface area contributed by atoms with Crippen molar-refractivity contribution in [2.24, 2.45) is 5.92 Å². The van der Waals surface area contributed by atoms with Crippen LogP contribution in [0.4, 0.5) is 11.4 Å². The monoisotopic (exact) mass is 321 g/mol. The van der Waals surface area contributed by atoms with E-state index in [1.165, 1.54) is 6.07 Å². The highest BCUT2D eigenvalue weighted by atomic mass is 16.6. The van der Waals surface area contributed by atoms with Gasteiger partial charge in [-0.05, 0) is 44.7 Å². The van der Waals surface area contributed by atoms with E-state index in [1.54, 1.807) is 12.1 Å². The van der Waals surface area contributed by atoms with Crippen LogP contribution in [0.1, 0.15) is 37.0 Å². The molecule has 0 spiro atoms. The van der Waals surface area contributed by atoms with Crippen LogP contribution in [0.15, 0.2) is 18.2 Å². The Morgan fingerprint density at radius 2 is 2.26 bits per heavy atom. The standard InChI is InChI=1S/C16H23N3O4/c1-11(2)17-16(21)13-5-6-14(15(8-13)19(22)23)18-7-3-4-12(9-18)10-20/h5-6,8,11-12,20H,3-4,7,9-10H2,1-2H3,(H,17,21). The molecule has 1 aromatic rings. The van der Waals surface area contributed by atoms with Crippen molar-refractivity contribution in [1.29, 1.82) is 0 Å². The number of hydrogen-bond donors (Lipinski definition) is 2. The quantitative estimate of drug-likeness (QED) is 0.638. The molecule has 23 heavy (non-hydrogen) atoms. The third kappa shape index (κ3) is 4.19. The highest BCUT2D eigenvalue weighted by Crippen LogP contribution is 2.32. The summed E-state index contributed by atoms with van der Waals surface area (Å²) in [6.45, 7) is 5.07. The summed E-state index contributed by atoms with van der Waals surface area (Å²) in [6, 6.07) is 4.54. The fourth-order valence-corrected chi connectivity index (χ4v) is 2.86. The first kappa shape index (κ1) is 17.2. The number of hydrogen-bond acceptors (Lipinski definition) is 5. The summed E-state index contributed by atoms with van der Waals surface area (Å²) in [7, 11) is 0. The molecule has 2 N–H and O–H groups in total. The summed E-state index contributed by atoms with van der Waals surface area (Å²) in [5.74, 6) is -0.186. The molecule has 0 bridgehead atoms. The van der Waals surface area contributed by atoms with Crippen molar-refractivity contribution in [2.75, 3.05) is 24.6 Å². The van der Waals surface area contributed by atoms with Crippen molar-refractivity contribution in [1.82, 2.24) is 5.32 Å². The number of aliphatic hydroxyl groups is 1. The topological polar surface area (TPSA) is 95.7 Å². The van der Waals surface area contributed by atoms with Crippen molar-refractivity contribution in [2.45, 2.75) is 32.7 Å². The molecule has 0 radical (unpaired) electrons. The van der Waals surface area contributed by atoms with Crippen molar-refractivity contribution < 1.29 is 14.8 Å². The molecule has 0 saturated carbocycles. The first-order valence-corrected chi connectivity index (χ1v) is 7.87. The molecule has 1 aromatic carbocycles. The summed E-state index contributed by atoms with van der Waals surface area (Å²) in [5, 5.41) is 23.5. The normalized spacial score (nSPS) is 18.1. The van der Waals surface area contributed by atoms with Gasteiger partial charge in [0.1, 0.15) is 5.69 Å². The van der Waals surface area contributed by atoms with Crippen LogP contribution in [0.3, 0.4) is 0 Å². The zero-order chi connectivity index (χ0) is 17.0. The summed E-state index contributed by atoms with van der Waals surface area (Å²) < 4.78 is 0. The number of nitro groups is 1. The number of anilines is 1. The number of nitrogens with zero attached hydrogens (tertiary/aromatic N) is 2. The van der Waals surface area contributed by atoms with Gasteiger partial charge in [-0.1, -0.05) is 0 Å². The summed E-state index contributed by atoms with van der Waals surface area (Å²) in [6.07, 6.45) is 1.81. The van der Waals surface area contributed by atoms with Crippen molar-refractivity contribution >= 4 is 17.3 Å². The number of nitrogens with one attached hydrogen (secondary N) is 1. The number of aliphatic hydroxyl groups excluding tert-OH is 1. The Hall–Kier alpha value is -2.15. The molecular weight excluding hydrogens is 298 g/mol. The third-order valence-corrected chi connectivity index (χ3v) is 3.97. The minimum absolute atomic E-state index is 0.0337. The predicted octanol–water partition coefficient (Wildman–Crippen LogP) is 1.94. The average Bonchev–Trinajstić information content (AvgIpc) is 2.53. The summed E-state index contributed by atoms with van der Waals surface area (Å²) >= 11 is 0. The molecular formula is C16H23N3O4. The van der Waals surface area contributed by atoms with E-state index < -0.39 is 4.92 Å². The van der Waals surface area contributed by atoms with Crippen LogP contribution in [0.25, 0.3) is 0 Å². The average molecular weight is 321 g/mol. The minimum Gasteiger partial charge on any atom is -0.396 e. The van der Waals surface area contributed by atoms with Gasteiger partial charge in [0, 0.05) is 37.4 Å². The molecule has 1 aliphatic rings. The molecule has 1 fully saturated rings. The number of carbonyl (C=O) groups is 1. The van der Waals surface area contributed by atoms with Crippen LogP contribution in [0.2, 0.25) is 0 Å². The maximum Gasteiger partial charge on any atom is 0.293 e. The fraction of sp³-hybridized carbons (Fsp3) is 0.562. The predicted molar refractivity (Wildman–Crippen MR) is 87.7 cm³/mol. The smallest absolute Gasteiger partial charge is 0.293 e. The van der Waals surface area contributed by atoms with Crippen molar-refractivity contribution in [3.8, 4) is 0 Å². The Bertz CT molecular complexity index is 589. The molecule has 1 atom stereocenters. The SMILES string of the molecule is CC(C)NC(=O)c1ccc(N2CCCC(CO)C2)c([N+](=O)[O-])c1. The van der Waals surface area contributed by atoms with Crippen LogP contribution in [-0.2, 0) is 0 Å². The first-order chi connectivity index (χ1) is 10.9. The van der Waals surface area contributed by atoms with E-state index in [2.05, 4.69) is 5.32 Å². The lowest BCUT2D eigenvalue weighted by Crippen LogP contribution is -2.37. The fourth-order valence-electron chi connectivity index (χ4n) is 2.86. The molecule has 1 heterocycles. The number of nitro benzene ring substituents is 1. The van der Waals surface area contributed by atoms with Gasteiger partial charge >= 0.3 is 0 Å². The Morgan fingerprint density at radius 3 is 2.87 bits per heavy atom. The molecule has 126 valence electrons. The highest BCUT2D eigenvalue weighted by Gasteiger charge is 2.26. The van der Waals surface area contributed by atoms with Crippen LogP contribution >= 0.6 is 0 Å². The molecule has 1 unspecified atom stereocenters. The second kappa shape index (κ2) is 7.41. The first-order valence-electron chi connectivity index (χ1n) is 7.87. The van der Waals surface area contributed by atoms with Crippen LogP contribution < -0.4 is 10.2 Å². The Balaban J connectivity index is 2.30. The number of benzene rings is 1. The Labute approximate surface area is 135 Å². The summed E-state index contributed by atoms with van der Waals surface area (Å²) in [5.41, 5.74) is 0.721. The minimum atomic E-state index is -0.454. The van der Waals surface area contributed by atoms with E-state index in [9.17, 15) is 20.0 Å². The van der Waals surface area contributed by atoms with Gasteiger partial charge in [-0.15, -0.1) is 0 Å². The van der Waals surface area contributed by atoms with E-state index >= 15 is 0 Å². The lowest BCUT2D eigenvalue weighted by atomic mass is 9.98. The second-order valence-corrected chi connectivity index (χ2v) is 6.23. The molecule has 0 aromatic heterocycles. The Morgan fingerprint density at radius 1 is 1.52 bits per heavy atom. The highest BCUT2D eigenvalue weighted by molar-refractivity contribution is 5.96. The number of rotatable bonds is 5. The van der Waals surface area contributed by atoms with Gasteiger partial charge in [-0.2, -0.15) is 0 Å². The zero-order valence-electron chi connectivity index (χ0n) is 13.5. The maximum atomic E-state index is 12.0. The van der Waals surface area contributed by atoms with E-state index in [-0.39, 0.29) is 35.7 Å². The van der Waals surface area contributed by atoms with E-state index in [4.69, 9.17) is 0 Å². The largest absolute Gasteiger partial charge is 0.396 e. The van der Waals surface area contributed by atoms with Gasteiger partial charge in [0.25, 0.3) is 11.6 Å². The third-order valence-electron chi connectivity index (χ3n) is 3.97. The van der Waals surface area contributed by atoms with Crippen LogP contribution in [0.5, 0.6) is 0 Å². The molecule has 7 heteroatoms. The van der Waals surface area contributed by atoms with Gasteiger partial charge in [0.15, 0.2) is 0 Å². The molecule has 0 aliphatic carbocycles. The van der Waals surface area contributed by atoms with Crippen LogP contribution in [0, 0.1) is 16.0 Å². The van der Waals surface area contributed by atoms with Gasteiger partial charge in [-0.3, -0.25) is 14.9 Å². The number of amides is 1. The van der Waals surface area contributed by atoms with Crippen molar-refractivity contribution in [3.63, 3.8) is 0 Å². The number of piperidine rings is 1. The molecule has 1 aliphatic heterocycles. The molecule has 1 saturated heterocycles. The van der Waals surface area contributed by atoms with Crippen molar-refractivity contribution in [3.05, 3.63) is 33.9 Å². The lowest BCUT2D eigenvalue weighted by molar-refractivity contribution is -0.384. The maximum absolute atomic E-state index is 12.0. The van der Waals surface area contributed by atoms with Gasteiger partial charge in [0.05, 0.1) is 4.92 Å². The van der Waals surface area contributed by atoms with Gasteiger partial charge in [-0.25, -0.2) is 0 Å². The van der Waals surface area contributed by atoms with E-state index in [0.29, 0.717) is 12.2 Å². The van der Waals surface area contributed by atoms with Gasteiger partial charge in [0.2, 0.25) is 0 Å². The lowest BCUT2D eigenvalue weighted by Gasteiger charge is -2.33. The zero-order valence-corrected chi connectivity index (χ0v) is 13.5. The molecule has 1 amide bonds. The molecule has 7 nitrogen and oxygen atoms in total. The molecule has 2 rings (SSSR count). The van der Waals surface area contributed by atoms with Crippen LogP contribution in [-0.4, -0.2) is 41.7 Å².